The highest BCUT2D eigenvalue weighted by molar-refractivity contribution is 5.83. The molecule has 0 aromatic rings. The Morgan fingerprint density at radius 1 is 1.05 bits per heavy atom. The molecule has 0 rings (SSSR count). The lowest BCUT2D eigenvalue weighted by Gasteiger charge is -2.33. The topological polar surface area (TPSA) is 116 Å². The van der Waals surface area contributed by atoms with Crippen LogP contribution >= 0.6 is 0 Å². The van der Waals surface area contributed by atoms with Gasteiger partial charge >= 0.3 is 18.0 Å². The highest BCUT2D eigenvalue weighted by Gasteiger charge is 2.28. The van der Waals surface area contributed by atoms with Crippen molar-refractivity contribution >= 4 is 18.0 Å². The number of aliphatic carboxylic acids is 2. The van der Waals surface area contributed by atoms with E-state index >= 15 is 0 Å². The van der Waals surface area contributed by atoms with Gasteiger partial charge < -0.3 is 20.8 Å². The van der Waals surface area contributed by atoms with Crippen LogP contribution in [0.15, 0.2) is 0 Å². The van der Waals surface area contributed by atoms with Crippen molar-refractivity contribution in [2.24, 2.45) is 5.41 Å². The van der Waals surface area contributed by atoms with E-state index in [0.717, 1.165) is 0 Å². The predicted octanol–water partition coefficient (Wildman–Crippen LogP) is 1.82. The van der Waals surface area contributed by atoms with E-state index in [9.17, 15) is 14.4 Å². The van der Waals surface area contributed by atoms with Crippen LogP contribution in [0.3, 0.4) is 0 Å². The average molecular weight is 302 g/mol. The van der Waals surface area contributed by atoms with Gasteiger partial charge in [0.05, 0.1) is 0 Å². The maximum atomic E-state index is 11.9. The van der Waals surface area contributed by atoms with Crippen LogP contribution in [0.1, 0.15) is 53.9 Å². The zero-order valence-corrected chi connectivity index (χ0v) is 13.3. The lowest BCUT2D eigenvalue weighted by atomic mass is 9.82. The Kier molecular flexibility index (Phi) is 6.66. The summed E-state index contributed by atoms with van der Waals surface area (Å²) in [6.07, 6.45) is 0.237. The standard InChI is InChI=1S/C14H26N2O5/c1-13(2,3)8-14(4,5)16-12(21)15-9(11(19)20)6-7-10(17)18/h9H,6-8H2,1-5H3,(H,17,18)(H,19,20)(H2,15,16,21)/t9-/m0/s1. The molecular weight excluding hydrogens is 276 g/mol. The summed E-state index contributed by atoms with van der Waals surface area (Å²) >= 11 is 0. The number of carbonyl (C=O) groups is 3. The van der Waals surface area contributed by atoms with E-state index in [0.29, 0.717) is 6.42 Å². The molecule has 0 saturated carbocycles. The highest BCUT2D eigenvalue weighted by Crippen LogP contribution is 2.26. The van der Waals surface area contributed by atoms with E-state index in [1.807, 2.05) is 34.6 Å². The van der Waals surface area contributed by atoms with Crippen LogP contribution < -0.4 is 10.6 Å². The maximum Gasteiger partial charge on any atom is 0.326 e. The van der Waals surface area contributed by atoms with E-state index in [1.165, 1.54) is 0 Å². The van der Waals surface area contributed by atoms with Gasteiger partial charge in [-0.25, -0.2) is 9.59 Å². The molecular formula is C14H26N2O5. The fourth-order valence-corrected chi connectivity index (χ4v) is 2.40. The third kappa shape index (κ3) is 9.70. The van der Waals surface area contributed by atoms with Gasteiger partial charge in [0.2, 0.25) is 0 Å². The number of nitrogens with one attached hydrogen (secondary N) is 2. The minimum absolute atomic E-state index is 0.00624. The SMILES string of the molecule is CC(C)(C)CC(C)(C)NC(=O)N[C@@H](CCC(=O)O)C(=O)O. The smallest absolute Gasteiger partial charge is 0.326 e. The number of rotatable bonds is 7. The van der Waals surface area contributed by atoms with Crippen molar-refractivity contribution in [3.8, 4) is 0 Å². The van der Waals surface area contributed by atoms with Crippen molar-refractivity contribution in [3.05, 3.63) is 0 Å². The third-order valence-corrected chi connectivity index (χ3v) is 2.67. The Bertz CT molecular complexity index is 399. The summed E-state index contributed by atoms with van der Waals surface area (Å²) in [5.74, 6) is -2.35. The van der Waals surface area contributed by atoms with Crippen LogP contribution in [0.25, 0.3) is 0 Å². The van der Waals surface area contributed by atoms with Gasteiger partial charge in [-0.05, 0) is 32.1 Å². The number of hydrogen-bond acceptors (Lipinski definition) is 3. The van der Waals surface area contributed by atoms with E-state index in [1.54, 1.807) is 0 Å². The third-order valence-electron chi connectivity index (χ3n) is 2.67. The van der Waals surface area contributed by atoms with Gasteiger partial charge in [0.1, 0.15) is 6.04 Å². The number of carboxylic acids is 2. The minimum Gasteiger partial charge on any atom is -0.481 e. The first kappa shape index (κ1) is 19.2. The molecule has 0 unspecified atom stereocenters. The molecule has 0 aromatic heterocycles. The summed E-state index contributed by atoms with van der Waals surface area (Å²) in [6, 6.07) is -1.83. The molecule has 21 heavy (non-hydrogen) atoms. The van der Waals surface area contributed by atoms with Crippen molar-refractivity contribution < 1.29 is 24.6 Å². The van der Waals surface area contributed by atoms with Crippen molar-refractivity contribution in [3.63, 3.8) is 0 Å². The second kappa shape index (κ2) is 7.28. The first-order valence-electron chi connectivity index (χ1n) is 6.86. The van der Waals surface area contributed by atoms with Crippen LogP contribution in [0.4, 0.5) is 4.79 Å². The van der Waals surface area contributed by atoms with Crippen LogP contribution in [-0.4, -0.2) is 39.8 Å². The molecule has 0 heterocycles. The normalized spacial score (nSPS) is 13.4. The summed E-state index contributed by atoms with van der Waals surface area (Å²) in [5, 5.41) is 22.6. The first-order chi connectivity index (χ1) is 9.32. The Balaban J connectivity index is 4.56. The molecule has 0 aliphatic carbocycles. The van der Waals surface area contributed by atoms with Gasteiger partial charge in [-0.15, -0.1) is 0 Å². The molecule has 0 fully saturated rings. The van der Waals surface area contributed by atoms with Crippen molar-refractivity contribution in [2.45, 2.75) is 65.5 Å². The zero-order valence-electron chi connectivity index (χ0n) is 13.3. The van der Waals surface area contributed by atoms with Crippen LogP contribution in [0.2, 0.25) is 0 Å². The monoisotopic (exact) mass is 302 g/mol. The Morgan fingerprint density at radius 3 is 1.95 bits per heavy atom. The van der Waals surface area contributed by atoms with Gasteiger partial charge in [-0.1, -0.05) is 20.8 Å². The number of carboxylic acid groups (broad SMARTS) is 2. The summed E-state index contributed by atoms with van der Waals surface area (Å²) in [4.78, 5) is 33.4. The van der Waals surface area contributed by atoms with E-state index < -0.39 is 29.6 Å². The highest BCUT2D eigenvalue weighted by atomic mass is 16.4. The molecule has 1 atom stereocenters. The molecule has 2 amide bonds. The van der Waals surface area contributed by atoms with Crippen molar-refractivity contribution in [1.82, 2.24) is 10.6 Å². The Hall–Kier alpha value is -1.79. The molecule has 0 aliphatic heterocycles. The van der Waals surface area contributed by atoms with Gasteiger partial charge in [-0.3, -0.25) is 4.79 Å². The van der Waals surface area contributed by atoms with E-state index in [-0.39, 0.29) is 18.3 Å². The molecule has 4 N–H and O–H groups in total. The molecule has 0 aromatic carbocycles. The fourth-order valence-electron chi connectivity index (χ4n) is 2.40. The molecule has 0 saturated heterocycles. The summed E-state index contributed by atoms with van der Waals surface area (Å²) in [6.45, 7) is 9.83. The van der Waals surface area contributed by atoms with Crippen molar-refractivity contribution in [2.75, 3.05) is 0 Å². The predicted molar refractivity (Wildman–Crippen MR) is 78.1 cm³/mol. The second-order valence-electron chi connectivity index (χ2n) is 7.04. The Labute approximate surface area is 125 Å². The van der Waals surface area contributed by atoms with Gasteiger partial charge in [0, 0.05) is 12.0 Å². The largest absolute Gasteiger partial charge is 0.481 e. The molecule has 0 spiro atoms. The molecule has 0 radical (unpaired) electrons. The van der Waals surface area contributed by atoms with Gasteiger partial charge in [0.25, 0.3) is 0 Å². The number of urea groups is 1. The van der Waals surface area contributed by atoms with E-state index in [2.05, 4.69) is 10.6 Å². The van der Waals surface area contributed by atoms with Crippen LogP contribution in [0, 0.1) is 5.41 Å². The number of carbonyl (C=O) groups excluding carboxylic acids is 1. The van der Waals surface area contributed by atoms with Gasteiger partial charge in [-0.2, -0.15) is 0 Å². The lowest BCUT2D eigenvalue weighted by molar-refractivity contribution is -0.140. The number of hydrogen-bond donors (Lipinski definition) is 4. The summed E-state index contributed by atoms with van der Waals surface area (Å²) in [5.41, 5.74) is -0.496. The van der Waals surface area contributed by atoms with Gasteiger partial charge in [0.15, 0.2) is 0 Å². The number of amides is 2. The molecule has 0 bridgehead atoms. The maximum absolute atomic E-state index is 11.9. The molecule has 7 nitrogen and oxygen atoms in total. The minimum atomic E-state index is -1.25. The summed E-state index contributed by atoms with van der Waals surface area (Å²) < 4.78 is 0. The molecule has 0 aliphatic rings. The van der Waals surface area contributed by atoms with Crippen LogP contribution in [-0.2, 0) is 9.59 Å². The quantitative estimate of drug-likeness (QED) is 0.572. The second-order valence-corrected chi connectivity index (χ2v) is 7.04. The Morgan fingerprint density at radius 2 is 1.57 bits per heavy atom. The van der Waals surface area contributed by atoms with Crippen molar-refractivity contribution in [1.29, 1.82) is 0 Å². The first-order valence-corrected chi connectivity index (χ1v) is 6.86. The van der Waals surface area contributed by atoms with E-state index in [4.69, 9.17) is 10.2 Å². The molecule has 122 valence electrons. The average Bonchev–Trinajstić information content (AvgIpc) is 2.18. The molecule has 7 heteroatoms. The summed E-state index contributed by atoms with van der Waals surface area (Å²) in [7, 11) is 0. The fraction of sp³-hybridized carbons (Fsp3) is 0.786. The lowest BCUT2D eigenvalue weighted by Crippen LogP contribution is -2.53. The van der Waals surface area contributed by atoms with Crippen LogP contribution in [0.5, 0.6) is 0 Å². The zero-order chi connectivity index (χ0) is 16.8.